The number of likely N-dealkylation sites (tertiary alicyclic amines) is 1. The molecule has 25 heavy (non-hydrogen) atoms. The van der Waals surface area contributed by atoms with Crippen molar-refractivity contribution in [2.24, 2.45) is 28.7 Å². The Bertz CT molecular complexity index is 542. The molecule has 3 rings (SSSR count). The van der Waals surface area contributed by atoms with Gasteiger partial charge in [-0.3, -0.25) is 19.5 Å². The van der Waals surface area contributed by atoms with Gasteiger partial charge in [-0.15, -0.1) is 0 Å². The first-order chi connectivity index (χ1) is 12.2. The van der Waals surface area contributed by atoms with E-state index in [0.29, 0.717) is 13.1 Å². The minimum atomic E-state index is -0.0987. The standard InChI is InChI=1S/C19H30N4O2/c1-3-5-6-9-21-19(20-4-2)22-10-11-23-17(24)15-13-7-8-14(12-13)16(15)18(23)25/h7-8,13-16H,3-6,9-12H2,1-2H3,(H2,20,21,22). The summed E-state index contributed by atoms with van der Waals surface area (Å²) >= 11 is 0. The van der Waals surface area contributed by atoms with Gasteiger partial charge in [0.1, 0.15) is 0 Å². The van der Waals surface area contributed by atoms with Crippen LogP contribution in [0.15, 0.2) is 17.1 Å². The number of guanidine groups is 1. The molecule has 138 valence electrons. The van der Waals surface area contributed by atoms with Gasteiger partial charge in [0.15, 0.2) is 5.96 Å². The molecule has 2 aliphatic carbocycles. The predicted octanol–water partition coefficient (Wildman–Crippen LogP) is 1.54. The number of hydrogen-bond donors (Lipinski definition) is 2. The van der Waals surface area contributed by atoms with Gasteiger partial charge in [0.2, 0.25) is 11.8 Å². The Labute approximate surface area is 150 Å². The van der Waals surface area contributed by atoms with Crippen LogP contribution in [0.5, 0.6) is 0 Å². The van der Waals surface area contributed by atoms with Crippen LogP contribution in [0.3, 0.4) is 0 Å². The number of unbranched alkanes of at least 4 members (excludes halogenated alkanes) is 2. The normalized spacial score (nSPS) is 30.3. The summed E-state index contributed by atoms with van der Waals surface area (Å²) in [5.74, 6) is 1.18. The molecule has 4 atom stereocenters. The highest BCUT2D eigenvalue weighted by molar-refractivity contribution is 6.06. The van der Waals surface area contributed by atoms with Gasteiger partial charge < -0.3 is 10.6 Å². The van der Waals surface area contributed by atoms with Crippen molar-refractivity contribution in [3.63, 3.8) is 0 Å². The second kappa shape index (κ2) is 8.02. The smallest absolute Gasteiger partial charge is 0.233 e. The van der Waals surface area contributed by atoms with E-state index in [0.717, 1.165) is 31.9 Å². The quantitative estimate of drug-likeness (QED) is 0.230. The number of amides is 2. The number of aliphatic imine (C=N–C) groups is 1. The van der Waals surface area contributed by atoms with Gasteiger partial charge >= 0.3 is 0 Å². The van der Waals surface area contributed by atoms with Gasteiger partial charge in [0.05, 0.1) is 11.8 Å². The lowest BCUT2D eigenvalue weighted by Crippen LogP contribution is -2.43. The van der Waals surface area contributed by atoms with Crippen LogP contribution >= 0.6 is 0 Å². The molecule has 0 aromatic heterocycles. The molecule has 6 nitrogen and oxygen atoms in total. The Balaban J connectivity index is 1.50. The molecule has 2 fully saturated rings. The van der Waals surface area contributed by atoms with Crippen LogP contribution < -0.4 is 10.6 Å². The van der Waals surface area contributed by atoms with E-state index in [9.17, 15) is 9.59 Å². The topological polar surface area (TPSA) is 73.8 Å². The van der Waals surface area contributed by atoms with Crippen molar-refractivity contribution in [2.45, 2.75) is 39.5 Å². The third-order valence-electron chi connectivity index (χ3n) is 5.57. The highest BCUT2D eigenvalue weighted by Gasteiger charge is 2.58. The molecule has 6 heteroatoms. The number of rotatable bonds is 8. The van der Waals surface area contributed by atoms with E-state index < -0.39 is 0 Å². The van der Waals surface area contributed by atoms with Crippen molar-refractivity contribution in [3.8, 4) is 0 Å². The van der Waals surface area contributed by atoms with Crippen molar-refractivity contribution in [2.75, 3.05) is 26.2 Å². The summed E-state index contributed by atoms with van der Waals surface area (Å²) in [7, 11) is 0. The van der Waals surface area contributed by atoms with E-state index in [1.807, 2.05) is 6.92 Å². The third-order valence-corrected chi connectivity index (χ3v) is 5.57. The minimum Gasteiger partial charge on any atom is -0.357 e. The van der Waals surface area contributed by atoms with Crippen LogP contribution in [0.2, 0.25) is 0 Å². The van der Waals surface area contributed by atoms with E-state index in [1.165, 1.54) is 17.7 Å². The lowest BCUT2D eigenvalue weighted by Gasteiger charge is -2.18. The molecule has 1 aliphatic heterocycles. The summed E-state index contributed by atoms with van der Waals surface area (Å²) in [5, 5.41) is 6.46. The summed E-state index contributed by atoms with van der Waals surface area (Å²) < 4.78 is 0. The maximum Gasteiger partial charge on any atom is 0.233 e. The number of allylic oxidation sites excluding steroid dienone is 2. The van der Waals surface area contributed by atoms with Gasteiger partial charge in [-0.25, -0.2) is 0 Å². The van der Waals surface area contributed by atoms with Gasteiger partial charge in [-0.1, -0.05) is 31.9 Å². The number of nitrogens with zero attached hydrogens (tertiary/aromatic N) is 2. The number of imide groups is 1. The lowest BCUT2D eigenvalue weighted by molar-refractivity contribution is -0.140. The molecular formula is C19H30N4O2. The zero-order valence-electron chi connectivity index (χ0n) is 15.3. The molecule has 0 radical (unpaired) electrons. The van der Waals surface area contributed by atoms with Crippen LogP contribution in [0.4, 0.5) is 0 Å². The van der Waals surface area contributed by atoms with Crippen molar-refractivity contribution >= 4 is 17.8 Å². The third kappa shape index (κ3) is 3.58. The van der Waals surface area contributed by atoms with Gasteiger partial charge in [-0.2, -0.15) is 0 Å². The maximum absolute atomic E-state index is 12.6. The second-order valence-corrected chi connectivity index (χ2v) is 7.22. The van der Waals surface area contributed by atoms with Gasteiger partial charge in [-0.05, 0) is 31.6 Å². The number of fused-ring (bicyclic) bond motifs is 5. The Morgan fingerprint density at radius 1 is 1.12 bits per heavy atom. The van der Waals surface area contributed by atoms with Crippen molar-refractivity contribution in [1.29, 1.82) is 0 Å². The molecule has 2 amide bonds. The summed E-state index contributed by atoms with van der Waals surface area (Å²) in [6.45, 7) is 6.75. The van der Waals surface area contributed by atoms with Crippen LogP contribution in [0.25, 0.3) is 0 Å². The Hall–Kier alpha value is -1.85. The van der Waals surface area contributed by atoms with Crippen LogP contribution in [-0.4, -0.2) is 48.9 Å². The Morgan fingerprint density at radius 3 is 2.40 bits per heavy atom. The monoisotopic (exact) mass is 346 g/mol. The Kier molecular flexibility index (Phi) is 5.76. The number of carbonyl (C=O) groups excluding carboxylic acids is 2. The second-order valence-electron chi connectivity index (χ2n) is 7.22. The van der Waals surface area contributed by atoms with E-state index in [-0.39, 0.29) is 35.5 Å². The molecule has 1 saturated heterocycles. The molecule has 2 N–H and O–H groups in total. The van der Waals surface area contributed by atoms with Crippen molar-refractivity contribution < 1.29 is 9.59 Å². The largest absolute Gasteiger partial charge is 0.357 e. The first kappa shape index (κ1) is 18.0. The summed E-state index contributed by atoms with van der Waals surface area (Å²) in [4.78, 5) is 31.3. The molecule has 0 aromatic carbocycles. The van der Waals surface area contributed by atoms with E-state index in [1.54, 1.807) is 0 Å². The predicted molar refractivity (Wildman–Crippen MR) is 97.9 cm³/mol. The SMILES string of the molecule is CCCCCN=C(NCC)NCCN1C(=O)C2C3C=CC(C3)C2C1=O. The zero-order valence-corrected chi connectivity index (χ0v) is 15.3. The fraction of sp³-hybridized carbons (Fsp3) is 0.737. The van der Waals surface area contributed by atoms with Crippen LogP contribution in [0, 0.1) is 23.7 Å². The molecule has 1 heterocycles. The van der Waals surface area contributed by atoms with Crippen LogP contribution in [0.1, 0.15) is 39.5 Å². The lowest BCUT2D eigenvalue weighted by atomic mass is 9.85. The van der Waals surface area contributed by atoms with Gasteiger partial charge in [0, 0.05) is 26.2 Å². The summed E-state index contributed by atoms with van der Waals surface area (Å²) in [6, 6.07) is 0. The highest BCUT2D eigenvalue weighted by Crippen LogP contribution is 2.52. The highest BCUT2D eigenvalue weighted by atomic mass is 16.2. The van der Waals surface area contributed by atoms with Crippen molar-refractivity contribution in [3.05, 3.63) is 12.2 Å². The maximum atomic E-state index is 12.6. The first-order valence-electron chi connectivity index (χ1n) is 9.73. The molecule has 2 bridgehead atoms. The van der Waals surface area contributed by atoms with Crippen LogP contribution in [-0.2, 0) is 9.59 Å². The molecular weight excluding hydrogens is 316 g/mol. The fourth-order valence-electron chi connectivity index (χ4n) is 4.36. The van der Waals surface area contributed by atoms with E-state index >= 15 is 0 Å². The average Bonchev–Trinajstić information content (AvgIpc) is 3.28. The fourth-order valence-corrected chi connectivity index (χ4v) is 4.36. The number of nitrogens with one attached hydrogen (secondary N) is 2. The minimum absolute atomic E-state index is 0.0264. The van der Waals surface area contributed by atoms with E-state index in [4.69, 9.17) is 0 Å². The Morgan fingerprint density at radius 2 is 1.80 bits per heavy atom. The molecule has 1 saturated carbocycles. The first-order valence-corrected chi connectivity index (χ1v) is 9.73. The molecule has 0 aromatic rings. The molecule has 3 aliphatic rings. The summed E-state index contributed by atoms with van der Waals surface area (Å²) in [6.07, 6.45) is 8.68. The molecule has 0 spiro atoms. The van der Waals surface area contributed by atoms with Gasteiger partial charge in [0.25, 0.3) is 0 Å². The molecule has 4 unspecified atom stereocenters. The summed E-state index contributed by atoms with van der Waals surface area (Å²) in [5.41, 5.74) is 0. The number of hydrogen-bond acceptors (Lipinski definition) is 3. The zero-order chi connectivity index (χ0) is 17.8. The average molecular weight is 346 g/mol. The van der Waals surface area contributed by atoms with E-state index in [2.05, 4.69) is 34.7 Å². The number of carbonyl (C=O) groups is 2. The van der Waals surface area contributed by atoms with Crippen molar-refractivity contribution in [1.82, 2.24) is 15.5 Å².